The van der Waals surface area contributed by atoms with E-state index in [4.69, 9.17) is 4.74 Å². The number of methoxy groups -OCH3 is 1. The van der Waals surface area contributed by atoms with E-state index in [0.717, 1.165) is 31.4 Å². The number of anilines is 1. The minimum Gasteiger partial charge on any atom is -0.481 e. The van der Waals surface area contributed by atoms with E-state index in [9.17, 15) is 4.79 Å². The van der Waals surface area contributed by atoms with Crippen LogP contribution in [0.4, 0.5) is 5.69 Å². The first-order chi connectivity index (χ1) is 8.14. The average Bonchev–Trinajstić information content (AvgIpc) is 2.78. The lowest BCUT2D eigenvalue weighted by Crippen LogP contribution is -2.30. The van der Waals surface area contributed by atoms with Crippen molar-refractivity contribution in [2.75, 3.05) is 12.4 Å². The summed E-state index contributed by atoms with van der Waals surface area (Å²) in [6.07, 6.45) is 5.86. The Kier molecular flexibility index (Phi) is 3.31. The number of amides is 1. The second-order valence-corrected chi connectivity index (χ2v) is 4.81. The summed E-state index contributed by atoms with van der Waals surface area (Å²) in [5.74, 6) is 0.650. The first-order valence-electron chi connectivity index (χ1n) is 5.95. The zero-order chi connectivity index (χ0) is 12.3. The lowest BCUT2D eigenvalue weighted by molar-refractivity contribution is -0.124. The molecule has 0 unspecified atom stereocenters. The number of ether oxygens (including phenoxy) is 1. The van der Waals surface area contributed by atoms with Gasteiger partial charge in [-0.1, -0.05) is 19.8 Å². The smallest absolute Gasteiger partial charge is 0.230 e. The van der Waals surface area contributed by atoms with Crippen molar-refractivity contribution in [1.29, 1.82) is 0 Å². The average molecular weight is 234 g/mol. The summed E-state index contributed by atoms with van der Waals surface area (Å²) in [5.41, 5.74) is 0.517. The van der Waals surface area contributed by atoms with Gasteiger partial charge in [0.05, 0.1) is 19.0 Å². The summed E-state index contributed by atoms with van der Waals surface area (Å²) in [7, 11) is 1.57. The highest BCUT2D eigenvalue weighted by atomic mass is 16.5. The molecule has 0 aromatic carbocycles. The molecule has 0 saturated heterocycles. The minimum absolute atomic E-state index is 0.0990. The van der Waals surface area contributed by atoms with Crippen LogP contribution in [0.1, 0.15) is 32.6 Å². The van der Waals surface area contributed by atoms with Crippen LogP contribution in [-0.4, -0.2) is 18.0 Å². The quantitative estimate of drug-likeness (QED) is 0.874. The van der Waals surface area contributed by atoms with Crippen LogP contribution in [0, 0.1) is 5.41 Å². The highest BCUT2D eigenvalue weighted by Crippen LogP contribution is 2.38. The molecule has 1 saturated carbocycles. The zero-order valence-corrected chi connectivity index (χ0v) is 10.3. The van der Waals surface area contributed by atoms with Crippen LogP contribution in [0.3, 0.4) is 0 Å². The molecule has 0 radical (unpaired) electrons. The SMILES string of the molecule is COc1ccc(NC(=O)C2(C)CCCC2)cn1. The topological polar surface area (TPSA) is 51.2 Å². The van der Waals surface area contributed by atoms with Crippen molar-refractivity contribution in [1.82, 2.24) is 4.98 Å². The molecule has 1 amide bonds. The van der Waals surface area contributed by atoms with Gasteiger partial charge in [-0.15, -0.1) is 0 Å². The molecule has 1 aliphatic rings. The lowest BCUT2D eigenvalue weighted by Gasteiger charge is -2.22. The number of hydrogen-bond donors (Lipinski definition) is 1. The molecule has 1 fully saturated rings. The Morgan fingerprint density at radius 2 is 2.12 bits per heavy atom. The van der Waals surface area contributed by atoms with Gasteiger partial charge in [0.15, 0.2) is 0 Å². The molecule has 0 bridgehead atoms. The van der Waals surface area contributed by atoms with E-state index in [1.54, 1.807) is 19.4 Å². The van der Waals surface area contributed by atoms with Crippen molar-refractivity contribution < 1.29 is 9.53 Å². The molecular weight excluding hydrogens is 216 g/mol. The van der Waals surface area contributed by atoms with Gasteiger partial charge in [-0.05, 0) is 18.9 Å². The number of nitrogens with one attached hydrogen (secondary N) is 1. The predicted molar refractivity (Wildman–Crippen MR) is 66.0 cm³/mol. The van der Waals surface area contributed by atoms with Crippen LogP contribution in [0.5, 0.6) is 5.88 Å². The Morgan fingerprint density at radius 1 is 1.41 bits per heavy atom. The van der Waals surface area contributed by atoms with Gasteiger partial charge in [-0.25, -0.2) is 4.98 Å². The monoisotopic (exact) mass is 234 g/mol. The highest BCUT2D eigenvalue weighted by molar-refractivity contribution is 5.95. The maximum absolute atomic E-state index is 12.1. The van der Waals surface area contributed by atoms with Gasteiger partial charge in [-0.3, -0.25) is 4.79 Å². The summed E-state index contributed by atoms with van der Waals surface area (Å²) in [4.78, 5) is 16.2. The first-order valence-corrected chi connectivity index (χ1v) is 5.95. The fraction of sp³-hybridized carbons (Fsp3) is 0.538. The second kappa shape index (κ2) is 4.73. The van der Waals surface area contributed by atoms with Crippen molar-refractivity contribution >= 4 is 11.6 Å². The van der Waals surface area contributed by atoms with Crippen LogP contribution >= 0.6 is 0 Å². The van der Waals surface area contributed by atoms with Crippen molar-refractivity contribution in [2.45, 2.75) is 32.6 Å². The van der Waals surface area contributed by atoms with E-state index in [1.165, 1.54) is 0 Å². The van der Waals surface area contributed by atoms with E-state index in [2.05, 4.69) is 10.3 Å². The summed E-state index contributed by atoms with van der Waals surface area (Å²) in [6.45, 7) is 2.03. The number of hydrogen-bond acceptors (Lipinski definition) is 3. The summed E-state index contributed by atoms with van der Waals surface area (Å²) >= 11 is 0. The van der Waals surface area contributed by atoms with Gasteiger partial charge in [-0.2, -0.15) is 0 Å². The molecule has 1 N–H and O–H groups in total. The van der Waals surface area contributed by atoms with Gasteiger partial charge in [0.25, 0.3) is 0 Å². The fourth-order valence-electron chi connectivity index (χ4n) is 2.24. The van der Waals surface area contributed by atoms with Gasteiger partial charge in [0.2, 0.25) is 11.8 Å². The summed E-state index contributed by atoms with van der Waals surface area (Å²) in [6, 6.07) is 3.55. The molecule has 92 valence electrons. The second-order valence-electron chi connectivity index (χ2n) is 4.81. The Balaban J connectivity index is 2.02. The van der Waals surface area contributed by atoms with E-state index in [-0.39, 0.29) is 11.3 Å². The third-order valence-electron chi connectivity index (χ3n) is 3.46. The van der Waals surface area contributed by atoms with E-state index in [1.807, 2.05) is 13.0 Å². The maximum Gasteiger partial charge on any atom is 0.230 e. The predicted octanol–water partition coefficient (Wildman–Crippen LogP) is 2.61. The number of carbonyl (C=O) groups is 1. The Morgan fingerprint density at radius 3 is 2.65 bits per heavy atom. The number of rotatable bonds is 3. The van der Waals surface area contributed by atoms with E-state index < -0.39 is 0 Å². The fourth-order valence-corrected chi connectivity index (χ4v) is 2.24. The molecule has 1 aliphatic carbocycles. The van der Waals surface area contributed by atoms with Crippen molar-refractivity contribution in [3.63, 3.8) is 0 Å². The van der Waals surface area contributed by atoms with E-state index in [0.29, 0.717) is 5.88 Å². The van der Waals surface area contributed by atoms with Crippen LogP contribution in [0.15, 0.2) is 18.3 Å². The summed E-state index contributed by atoms with van der Waals surface area (Å²) < 4.78 is 4.97. The Labute approximate surface area is 101 Å². The molecule has 4 heteroatoms. The minimum atomic E-state index is -0.208. The normalized spacial score (nSPS) is 17.8. The molecule has 1 aromatic heterocycles. The molecule has 1 aromatic rings. The maximum atomic E-state index is 12.1. The third kappa shape index (κ3) is 2.57. The third-order valence-corrected chi connectivity index (χ3v) is 3.46. The van der Waals surface area contributed by atoms with Crippen LogP contribution < -0.4 is 10.1 Å². The number of carbonyl (C=O) groups excluding carboxylic acids is 1. The highest BCUT2D eigenvalue weighted by Gasteiger charge is 2.36. The first kappa shape index (κ1) is 11.9. The molecule has 1 heterocycles. The van der Waals surface area contributed by atoms with Crippen LogP contribution in [0.2, 0.25) is 0 Å². The molecule has 0 spiro atoms. The lowest BCUT2D eigenvalue weighted by atomic mass is 9.88. The molecule has 0 atom stereocenters. The van der Waals surface area contributed by atoms with Crippen molar-refractivity contribution in [2.24, 2.45) is 5.41 Å². The molecule has 0 aliphatic heterocycles. The van der Waals surface area contributed by atoms with Gasteiger partial charge in [0.1, 0.15) is 0 Å². The van der Waals surface area contributed by atoms with Crippen molar-refractivity contribution in [3.05, 3.63) is 18.3 Å². The molecule has 2 rings (SSSR count). The number of nitrogens with zero attached hydrogens (tertiary/aromatic N) is 1. The zero-order valence-electron chi connectivity index (χ0n) is 10.3. The van der Waals surface area contributed by atoms with E-state index >= 15 is 0 Å². The largest absolute Gasteiger partial charge is 0.481 e. The number of pyridine rings is 1. The van der Waals surface area contributed by atoms with Gasteiger partial charge < -0.3 is 10.1 Å². The van der Waals surface area contributed by atoms with Gasteiger partial charge in [0, 0.05) is 11.5 Å². The Hall–Kier alpha value is -1.58. The molecular formula is C13H18N2O2. The number of aromatic nitrogens is 1. The standard InChI is InChI=1S/C13H18N2O2/c1-13(7-3-4-8-13)12(16)15-10-5-6-11(17-2)14-9-10/h5-6,9H,3-4,7-8H2,1-2H3,(H,15,16). The summed E-state index contributed by atoms with van der Waals surface area (Å²) in [5, 5.41) is 2.92. The Bertz CT molecular complexity index is 394. The molecule has 17 heavy (non-hydrogen) atoms. The van der Waals surface area contributed by atoms with Gasteiger partial charge >= 0.3 is 0 Å². The van der Waals surface area contributed by atoms with Crippen LogP contribution in [0.25, 0.3) is 0 Å². The van der Waals surface area contributed by atoms with Crippen LogP contribution in [-0.2, 0) is 4.79 Å². The molecule has 4 nitrogen and oxygen atoms in total. The van der Waals surface area contributed by atoms with Crippen molar-refractivity contribution in [3.8, 4) is 5.88 Å².